The minimum Gasteiger partial charge on any atom is -0.497 e. The first-order valence-electron chi connectivity index (χ1n) is 10.9. The maximum atomic E-state index is 13.2. The zero-order valence-corrected chi connectivity index (χ0v) is 19.4. The number of benzene rings is 3. The van der Waals surface area contributed by atoms with Crippen LogP contribution in [-0.4, -0.2) is 37.8 Å². The highest BCUT2D eigenvalue weighted by molar-refractivity contribution is 8.00. The molecule has 3 aromatic carbocycles. The first-order chi connectivity index (χ1) is 16.1. The van der Waals surface area contributed by atoms with E-state index in [0.717, 1.165) is 29.4 Å². The third-order valence-electron chi connectivity index (χ3n) is 5.44. The van der Waals surface area contributed by atoms with Crippen LogP contribution in [0.3, 0.4) is 0 Å². The Balaban J connectivity index is 1.42. The molecule has 0 saturated carbocycles. The molecule has 0 radical (unpaired) electrons. The van der Waals surface area contributed by atoms with Crippen LogP contribution in [0.5, 0.6) is 5.75 Å². The topological polar surface area (TPSA) is 70.7 Å². The molecule has 33 heavy (non-hydrogen) atoms. The molecule has 4 rings (SSSR count). The van der Waals surface area contributed by atoms with Gasteiger partial charge < -0.3 is 20.3 Å². The van der Waals surface area contributed by atoms with Crippen molar-refractivity contribution in [3.8, 4) is 5.75 Å². The number of anilines is 3. The van der Waals surface area contributed by atoms with Gasteiger partial charge in [-0.05, 0) is 49.2 Å². The molecule has 2 N–H and O–H groups in total. The first-order valence-corrected chi connectivity index (χ1v) is 11.9. The minimum atomic E-state index is -0.182. The van der Waals surface area contributed by atoms with Crippen LogP contribution in [0, 0.1) is 0 Å². The Kier molecular flexibility index (Phi) is 7.52. The van der Waals surface area contributed by atoms with E-state index in [0.29, 0.717) is 17.0 Å². The van der Waals surface area contributed by atoms with Crippen molar-refractivity contribution >= 4 is 40.6 Å². The van der Waals surface area contributed by atoms with Crippen LogP contribution in [0.15, 0.2) is 77.7 Å². The fourth-order valence-electron chi connectivity index (χ4n) is 3.82. The molecule has 2 amide bonds. The van der Waals surface area contributed by atoms with Gasteiger partial charge in [0.05, 0.1) is 29.8 Å². The van der Waals surface area contributed by atoms with Crippen molar-refractivity contribution in [2.75, 3.05) is 41.5 Å². The van der Waals surface area contributed by atoms with Crippen LogP contribution in [0.1, 0.15) is 23.2 Å². The van der Waals surface area contributed by atoms with Crippen LogP contribution < -0.4 is 20.3 Å². The Bertz CT molecular complexity index is 1130. The lowest BCUT2D eigenvalue weighted by atomic mass is 10.2. The van der Waals surface area contributed by atoms with Crippen LogP contribution in [0.25, 0.3) is 0 Å². The lowest BCUT2D eigenvalue weighted by Crippen LogP contribution is -2.21. The van der Waals surface area contributed by atoms with Crippen LogP contribution in [0.2, 0.25) is 0 Å². The summed E-state index contributed by atoms with van der Waals surface area (Å²) in [5.74, 6) is 0.531. The summed E-state index contributed by atoms with van der Waals surface area (Å²) in [6.45, 7) is 2.00. The number of carbonyl (C=O) groups excluding carboxylic acids is 2. The van der Waals surface area contributed by atoms with Gasteiger partial charge in [-0.15, -0.1) is 11.8 Å². The Morgan fingerprint density at radius 2 is 1.70 bits per heavy atom. The fourth-order valence-corrected chi connectivity index (χ4v) is 4.67. The Morgan fingerprint density at radius 3 is 2.52 bits per heavy atom. The molecule has 3 aromatic rings. The highest BCUT2D eigenvalue weighted by atomic mass is 32.2. The third-order valence-corrected chi connectivity index (χ3v) is 6.52. The maximum Gasteiger partial charge on any atom is 0.256 e. The minimum absolute atomic E-state index is 0.150. The van der Waals surface area contributed by atoms with Gasteiger partial charge in [0.15, 0.2) is 0 Å². The van der Waals surface area contributed by atoms with Gasteiger partial charge >= 0.3 is 0 Å². The molecule has 0 unspecified atom stereocenters. The van der Waals surface area contributed by atoms with Gasteiger partial charge in [-0.2, -0.15) is 0 Å². The Morgan fingerprint density at radius 1 is 0.939 bits per heavy atom. The van der Waals surface area contributed by atoms with Crippen molar-refractivity contribution < 1.29 is 14.3 Å². The zero-order valence-electron chi connectivity index (χ0n) is 18.5. The van der Waals surface area contributed by atoms with E-state index >= 15 is 0 Å². The molecule has 0 aromatic heterocycles. The van der Waals surface area contributed by atoms with E-state index in [4.69, 9.17) is 4.74 Å². The van der Waals surface area contributed by atoms with Crippen LogP contribution >= 0.6 is 11.8 Å². The number of nitrogens with zero attached hydrogens (tertiary/aromatic N) is 1. The predicted molar refractivity (Wildman–Crippen MR) is 135 cm³/mol. The number of nitrogens with one attached hydrogen (secondary N) is 2. The number of amides is 2. The van der Waals surface area contributed by atoms with Gasteiger partial charge in [-0.3, -0.25) is 9.59 Å². The molecule has 1 saturated heterocycles. The number of rotatable bonds is 8. The number of ether oxygens (including phenoxy) is 1. The average molecular weight is 462 g/mol. The quantitative estimate of drug-likeness (QED) is 0.447. The third kappa shape index (κ3) is 5.87. The second-order valence-corrected chi connectivity index (χ2v) is 8.75. The van der Waals surface area contributed by atoms with Crippen molar-refractivity contribution in [1.29, 1.82) is 0 Å². The summed E-state index contributed by atoms with van der Waals surface area (Å²) in [7, 11) is 1.59. The van der Waals surface area contributed by atoms with Gasteiger partial charge in [0.2, 0.25) is 5.91 Å². The molecule has 1 aliphatic rings. The number of thioether (sulfide) groups is 1. The molecular formula is C26H27N3O3S. The molecule has 0 aliphatic carbocycles. The van der Waals surface area contributed by atoms with E-state index < -0.39 is 0 Å². The average Bonchev–Trinajstić information content (AvgIpc) is 3.38. The lowest BCUT2D eigenvalue weighted by molar-refractivity contribution is -0.113. The van der Waals surface area contributed by atoms with Crippen molar-refractivity contribution in [1.82, 2.24) is 0 Å². The first kappa shape index (κ1) is 22.7. The Hall–Kier alpha value is -3.45. The largest absolute Gasteiger partial charge is 0.497 e. The Labute approximate surface area is 198 Å². The fraction of sp³-hybridized carbons (Fsp3) is 0.231. The molecule has 6 nitrogen and oxygen atoms in total. The number of carbonyl (C=O) groups is 2. The summed E-state index contributed by atoms with van der Waals surface area (Å²) < 4.78 is 5.19. The second kappa shape index (κ2) is 10.9. The number of methoxy groups -OCH3 is 1. The van der Waals surface area contributed by atoms with E-state index in [2.05, 4.69) is 15.5 Å². The number of para-hydroxylation sites is 2. The summed E-state index contributed by atoms with van der Waals surface area (Å²) in [6, 6.07) is 22.5. The van der Waals surface area contributed by atoms with E-state index in [1.54, 1.807) is 19.2 Å². The van der Waals surface area contributed by atoms with E-state index in [1.165, 1.54) is 24.6 Å². The molecular weight excluding hydrogens is 434 g/mol. The zero-order chi connectivity index (χ0) is 23.0. The summed E-state index contributed by atoms with van der Waals surface area (Å²) >= 11 is 1.34. The molecule has 0 bridgehead atoms. The molecule has 0 spiro atoms. The maximum absolute atomic E-state index is 13.2. The molecule has 1 aliphatic heterocycles. The molecule has 1 fully saturated rings. The number of hydrogen-bond acceptors (Lipinski definition) is 5. The van der Waals surface area contributed by atoms with Crippen LogP contribution in [0.4, 0.5) is 17.1 Å². The molecule has 7 heteroatoms. The summed E-state index contributed by atoms with van der Waals surface area (Å²) in [5.41, 5.74) is 3.07. The SMILES string of the molecule is COc1cccc(NC(=O)CSc2ccccc2C(=O)Nc2ccccc2N2CCCC2)c1. The highest BCUT2D eigenvalue weighted by Crippen LogP contribution is 2.30. The predicted octanol–water partition coefficient (Wildman–Crippen LogP) is 5.28. The number of hydrogen-bond donors (Lipinski definition) is 2. The molecule has 0 atom stereocenters. The lowest BCUT2D eigenvalue weighted by Gasteiger charge is -2.21. The van der Waals surface area contributed by atoms with Crippen molar-refractivity contribution in [2.45, 2.75) is 17.7 Å². The summed E-state index contributed by atoms with van der Waals surface area (Å²) in [5, 5.41) is 5.94. The van der Waals surface area contributed by atoms with Crippen molar-refractivity contribution in [2.24, 2.45) is 0 Å². The van der Waals surface area contributed by atoms with Gasteiger partial charge in [0, 0.05) is 29.7 Å². The molecule has 1 heterocycles. The van der Waals surface area contributed by atoms with Crippen molar-refractivity contribution in [3.05, 3.63) is 78.4 Å². The van der Waals surface area contributed by atoms with Crippen LogP contribution in [-0.2, 0) is 4.79 Å². The van der Waals surface area contributed by atoms with Gasteiger partial charge in [-0.1, -0.05) is 30.3 Å². The van der Waals surface area contributed by atoms with E-state index in [-0.39, 0.29) is 17.6 Å². The molecule has 170 valence electrons. The van der Waals surface area contributed by atoms with Crippen molar-refractivity contribution in [3.63, 3.8) is 0 Å². The van der Waals surface area contributed by atoms with E-state index in [9.17, 15) is 9.59 Å². The highest BCUT2D eigenvalue weighted by Gasteiger charge is 2.18. The smallest absolute Gasteiger partial charge is 0.256 e. The van der Waals surface area contributed by atoms with E-state index in [1.807, 2.05) is 60.7 Å². The second-order valence-electron chi connectivity index (χ2n) is 7.73. The normalized spacial score (nSPS) is 12.9. The van der Waals surface area contributed by atoms with Gasteiger partial charge in [-0.25, -0.2) is 0 Å². The summed E-state index contributed by atoms with van der Waals surface area (Å²) in [4.78, 5) is 28.7. The van der Waals surface area contributed by atoms with Gasteiger partial charge in [0.1, 0.15) is 5.75 Å². The standard InChI is InChI=1S/C26H27N3O3S/c1-32-20-10-8-9-19(17-20)27-25(30)18-33-24-14-5-2-11-21(24)26(31)28-22-12-3-4-13-23(22)29-15-6-7-16-29/h2-5,8-14,17H,6-7,15-16,18H2,1H3,(H,27,30)(H,28,31). The van der Waals surface area contributed by atoms with Gasteiger partial charge in [0.25, 0.3) is 5.91 Å². The summed E-state index contributed by atoms with van der Waals surface area (Å²) in [6.07, 6.45) is 2.33. The monoisotopic (exact) mass is 461 g/mol.